The normalized spacial score (nSPS) is 11.4. The van der Waals surface area contributed by atoms with E-state index in [2.05, 4.69) is 22.5 Å². The summed E-state index contributed by atoms with van der Waals surface area (Å²) >= 11 is 3.25. The van der Waals surface area contributed by atoms with Crippen LogP contribution in [-0.2, 0) is 0 Å². The summed E-state index contributed by atoms with van der Waals surface area (Å²) in [6, 6.07) is 3.38. The van der Waals surface area contributed by atoms with E-state index in [1.54, 1.807) is 18.2 Å². The van der Waals surface area contributed by atoms with Crippen LogP contribution in [0.3, 0.4) is 0 Å². The lowest BCUT2D eigenvalue weighted by Gasteiger charge is -2.13. The molecule has 0 aliphatic heterocycles. The Labute approximate surface area is 110 Å². The number of phenols is 1. The molecular formula is C11H15BrClNO2. The van der Waals surface area contributed by atoms with Crippen molar-refractivity contribution in [1.82, 2.24) is 0 Å². The molecule has 1 aromatic carbocycles. The molecule has 1 atom stereocenters. The fourth-order valence-electron chi connectivity index (χ4n) is 1.28. The predicted molar refractivity (Wildman–Crippen MR) is 71.3 cm³/mol. The van der Waals surface area contributed by atoms with Crippen LogP contribution in [0.5, 0.6) is 11.5 Å². The number of aromatic hydroxyl groups is 1. The largest absolute Gasteiger partial charge is 0.503 e. The van der Waals surface area contributed by atoms with Crippen molar-refractivity contribution in [3.05, 3.63) is 34.8 Å². The van der Waals surface area contributed by atoms with Gasteiger partial charge in [-0.1, -0.05) is 6.08 Å². The monoisotopic (exact) mass is 307 g/mol. The molecule has 0 bridgehead atoms. The number of halogens is 2. The number of nitrogens with two attached hydrogens (primary N) is 1. The first-order valence-electron chi connectivity index (χ1n) is 4.53. The maximum Gasteiger partial charge on any atom is 0.172 e. The standard InChI is InChI=1S/C11H14BrNO2.ClH/c1-3-4-9(13)7-5-8(12)11(14)10(6-7)15-2;/h3,5-6,9,14H,1,4,13H2,2H3;1H/t9-;/m0./s1. The highest BCUT2D eigenvalue weighted by Gasteiger charge is 2.12. The molecule has 5 heteroatoms. The Kier molecular flexibility index (Phi) is 6.48. The van der Waals surface area contributed by atoms with Gasteiger partial charge in [0.05, 0.1) is 11.6 Å². The Morgan fingerprint density at radius 1 is 1.62 bits per heavy atom. The van der Waals surface area contributed by atoms with E-state index in [9.17, 15) is 5.11 Å². The van der Waals surface area contributed by atoms with Gasteiger partial charge in [-0.15, -0.1) is 19.0 Å². The fraction of sp³-hybridized carbons (Fsp3) is 0.273. The highest BCUT2D eigenvalue weighted by atomic mass is 79.9. The van der Waals surface area contributed by atoms with Crippen molar-refractivity contribution in [2.45, 2.75) is 12.5 Å². The molecular weight excluding hydrogens is 293 g/mol. The predicted octanol–water partition coefficient (Wildman–Crippen LogP) is 3.16. The SMILES string of the molecule is C=CC[C@H](N)c1cc(Br)c(O)c(OC)c1.Cl. The van der Waals surface area contributed by atoms with E-state index in [0.29, 0.717) is 16.6 Å². The summed E-state index contributed by atoms with van der Waals surface area (Å²) in [5.74, 6) is 0.506. The minimum atomic E-state index is -0.131. The van der Waals surface area contributed by atoms with Crippen molar-refractivity contribution in [3.8, 4) is 11.5 Å². The maximum absolute atomic E-state index is 9.60. The summed E-state index contributed by atoms with van der Waals surface area (Å²) in [5.41, 5.74) is 6.82. The molecule has 0 radical (unpaired) electrons. The van der Waals surface area contributed by atoms with Crippen LogP contribution in [-0.4, -0.2) is 12.2 Å². The first kappa shape index (κ1) is 15.3. The van der Waals surface area contributed by atoms with Crippen LogP contribution in [0.4, 0.5) is 0 Å². The van der Waals surface area contributed by atoms with Gasteiger partial charge >= 0.3 is 0 Å². The zero-order valence-electron chi connectivity index (χ0n) is 8.94. The van der Waals surface area contributed by atoms with E-state index < -0.39 is 0 Å². The van der Waals surface area contributed by atoms with Crippen LogP contribution in [0.25, 0.3) is 0 Å². The van der Waals surface area contributed by atoms with Gasteiger partial charge in [0.2, 0.25) is 0 Å². The molecule has 0 spiro atoms. The Bertz CT molecular complexity index is 371. The number of hydrogen-bond acceptors (Lipinski definition) is 3. The highest BCUT2D eigenvalue weighted by molar-refractivity contribution is 9.10. The van der Waals surface area contributed by atoms with E-state index >= 15 is 0 Å². The number of rotatable bonds is 4. The number of ether oxygens (including phenoxy) is 1. The van der Waals surface area contributed by atoms with Crippen LogP contribution in [0.1, 0.15) is 18.0 Å². The maximum atomic E-state index is 9.60. The molecule has 0 fully saturated rings. The lowest BCUT2D eigenvalue weighted by atomic mass is 10.0. The second kappa shape index (κ2) is 6.78. The van der Waals surface area contributed by atoms with Gasteiger partial charge in [0.15, 0.2) is 11.5 Å². The molecule has 0 heterocycles. The van der Waals surface area contributed by atoms with Gasteiger partial charge in [-0.3, -0.25) is 0 Å². The average Bonchev–Trinajstić information content (AvgIpc) is 2.22. The zero-order valence-corrected chi connectivity index (χ0v) is 11.3. The van der Waals surface area contributed by atoms with E-state index in [4.69, 9.17) is 10.5 Å². The summed E-state index contributed by atoms with van der Waals surface area (Å²) < 4.78 is 5.61. The zero-order chi connectivity index (χ0) is 11.4. The van der Waals surface area contributed by atoms with Crippen molar-refractivity contribution >= 4 is 28.3 Å². The molecule has 16 heavy (non-hydrogen) atoms. The van der Waals surface area contributed by atoms with Crippen LogP contribution >= 0.6 is 28.3 Å². The van der Waals surface area contributed by atoms with Crippen LogP contribution in [0, 0.1) is 0 Å². The van der Waals surface area contributed by atoms with Crippen molar-refractivity contribution < 1.29 is 9.84 Å². The first-order chi connectivity index (χ1) is 7.10. The van der Waals surface area contributed by atoms with Gasteiger partial charge < -0.3 is 15.6 Å². The van der Waals surface area contributed by atoms with Crippen molar-refractivity contribution in [2.75, 3.05) is 7.11 Å². The topological polar surface area (TPSA) is 55.5 Å². The lowest BCUT2D eigenvalue weighted by Crippen LogP contribution is -2.09. The van der Waals surface area contributed by atoms with Gasteiger partial charge in [-0.05, 0) is 40.0 Å². The Morgan fingerprint density at radius 3 is 2.75 bits per heavy atom. The molecule has 1 aromatic rings. The molecule has 90 valence electrons. The Morgan fingerprint density at radius 2 is 2.25 bits per heavy atom. The van der Waals surface area contributed by atoms with Crippen molar-refractivity contribution in [1.29, 1.82) is 0 Å². The van der Waals surface area contributed by atoms with Crippen LogP contribution < -0.4 is 10.5 Å². The molecule has 0 aromatic heterocycles. The number of methoxy groups -OCH3 is 1. The molecule has 3 nitrogen and oxygen atoms in total. The first-order valence-corrected chi connectivity index (χ1v) is 5.32. The second-order valence-corrected chi connectivity index (χ2v) is 4.04. The summed E-state index contributed by atoms with van der Waals surface area (Å²) in [6.45, 7) is 3.64. The molecule has 0 unspecified atom stereocenters. The number of benzene rings is 1. The molecule has 0 saturated carbocycles. The second-order valence-electron chi connectivity index (χ2n) is 3.18. The molecule has 0 aliphatic carbocycles. The summed E-state index contributed by atoms with van der Waals surface area (Å²) in [6.07, 6.45) is 2.44. The molecule has 0 amide bonds. The Hall–Kier alpha value is -0.710. The van der Waals surface area contributed by atoms with Gasteiger partial charge in [0.25, 0.3) is 0 Å². The quantitative estimate of drug-likeness (QED) is 0.840. The summed E-state index contributed by atoms with van der Waals surface area (Å²) in [5, 5.41) is 9.60. The summed E-state index contributed by atoms with van der Waals surface area (Å²) in [4.78, 5) is 0. The third kappa shape index (κ3) is 3.40. The van der Waals surface area contributed by atoms with E-state index in [1.807, 2.05) is 0 Å². The van der Waals surface area contributed by atoms with Gasteiger partial charge in [-0.2, -0.15) is 0 Å². The molecule has 0 aliphatic rings. The average molecular weight is 309 g/mol. The molecule has 1 rings (SSSR count). The summed E-state index contributed by atoms with van der Waals surface area (Å²) in [7, 11) is 1.50. The van der Waals surface area contributed by atoms with Gasteiger partial charge in [0.1, 0.15) is 0 Å². The van der Waals surface area contributed by atoms with E-state index in [-0.39, 0.29) is 24.2 Å². The highest BCUT2D eigenvalue weighted by Crippen LogP contribution is 2.36. The number of hydrogen-bond donors (Lipinski definition) is 2. The molecule has 3 N–H and O–H groups in total. The minimum absolute atomic E-state index is 0. The van der Waals surface area contributed by atoms with Crippen LogP contribution in [0.15, 0.2) is 29.3 Å². The third-order valence-electron chi connectivity index (χ3n) is 2.12. The molecule has 0 saturated heterocycles. The van der Waals surface area contributed by atoms with E-state index in [1.165, 1.54) is 7.11 Å². The third-order valence-corrected chi connectivity index (χ3v) is 2.72. The van der Waals surface area contributed by atoms with Crippen molar-refractivity contribution in [3.63, 3.8) is 0 Å². The van der Waals surface area contributed by atoms with Crippen LogP contribution in [0.2, 0.25) is 0 Å². The van der Waals surface area contributed by atoms with E-state index in [0.717, 1.165) is 5.56 Å². The lowest BCUT2D eigenvalue weighted by molar-refractivity contribution is 0.371. The van der Waals surface area contributed by atoms with Crippen molar-refractivity contribution in [2.24, 2.45) is 5.73 Å². The van der Waals surface area contributed by atoms with Gasteiger partial charge in [-0.25, -0.2) is 0 Å². The minimum Gasteiger partial charge on any atom is -0.503 e. The smallest absolute Gasteiger partial charge is 0.172 e. The number of phenolic OH excluding ortho intramolecular Hbond substituents is 1. The Balaban J connectivity index is 0.00000225. The fourth-order valence-corrected chi connectivity index (χ4v) is 1.74. The van der Waals surface area contributed by atoms with Gasteiger partial charge in [0, 0.05) is 6.04 Å².